The predicted molar refractivity (Wildman–Crippen MR) is 89.5 cm³/mol. The lowest BCUT2D eigenvalue weighted by Crippen LogP contribution is -2.28. The maximum absolute atomic E-state index is 12.4. The molecule has 3 rings (SSSR count). The number of para-hydroxylation sites is 1. The van der Waals surface area contributed by atoms with Crippen LogP contribution in [-0.4, -0.2) is 11.7 Å². The maximum Gasteiger partial charge on any atom is 0.238 e. The second kappa shape index (κ2) is 5.45. The normalized spacial score (nSPS) is 18.3. The van der Waals surface area contributed by atoms with Crippen molar-refractivity contribution in [1.82, 2.24) is 0 Å². The summed E-state index contributed by atoms with van der Waals surface area (Å²) >= 11 is 1.63. The monoisotopic (exact) mass is 298 g/mol. The lowest BCUT2D eigenvalue weighted by molar-refractivity contribution is -0.115. The number of benzene rings is 2. The van der Waals surface area contributed by atoms with Crippen LogP contribution in [0.4, 0.5) is 11.4 Å². The minimum atomic E-state index is -0.0416. The molecule has 4 heteroatoms. The van der Waals surface area contributed by atoms with Crippen LogP contribution in [0.1, 0.15) is 22.1 Å². The molecule has 0 radical (unpaired) electrons. The highest BCUT2D eigenvalue weighted by Crippen LogP contribution is 2.44. The Balaban J connectivity index is 2.06. The van der Waals surface area contributed by atoms with Gasteiger partial charge in [-0.05, 0) is 31.5 Å². The fourth-order valence-electron chi connectivity index (χ4n) is 2.73. The highest BCUT2D eigenvalue weighted by molar-refractivity contribution is 8.00. The lowest BCUT2D eigenvalue weighted by atomic mass is 10.1. The zero-order valence-electron chi connectivity index (χ0n) is 12.2. The lowest BCUT2D eigenvalue weighted by Gasteiger charge is -2.27. The molecule has 1 fully saturated rings. The fraction of sp³-hybridized carbons (Fsp3) is 0.235. The third-order valence-electron chi connectivity index (χ3n) is 3.74. The van der Waals surface area contributed by atoms with Crippen molar-refractivity contribution in [2.45, 2.75) is 19.2 Å². The molecule has 1 heterocycles. The van der Waals surface area contributed by atoms with Gasteiger partial charge in [0.1, 0.15) is 5.37 Å². The Bertz CT molecular complexity index is 699. The van der Waals surface area contributed by atoms with Gasteiger partial charge >= 0.3 is 0 Å². The number of anilines is 2. The smallest absolute Gasteiger partial charge is 0.238 e. The fourth-order valence-corrected chi connectivity index (χ4v) is 3.94. The maximum atomic E-state index is 12.4. The van der Waals surface area contributed by atoms with Crippen LogP contribution in [0.5, 0.6) is 0 Å². The van der Waals surface area contributed by atoms with Crippen molar-refractivity contribution in [2.75, 3.05) is 16.4 Å². The molecule has 21 heavy (non-hydrogen) atoms. The van der Waals surface area contributed by atoms with Crippen LogP contribution in [0.15, 0.2) is 42.5 Å². The van der Waals surface area contributed by atoms with E-state index in [1.165, 1.54) is 5.56 Å². The Morgan fingerprint density at radius 1 is 1.19 bits per heavy atom. The van der Waals surface area contributed by atoms with Gasteiger partial charge in [0.2, 0.25) is 5.91 Å². The van der Waals surface area contributed by atoms with Crippen LogP contribution < -0.4 is 10.6 Å². The van der Waals surface area contributed by atoms with E-state index in [0.29, 0.717) is 5.75 Å². The second-order valence-electron chi connectivity index (χ2n) is 5.35. The molecular weight excluding hydrogens is 280 g/mol. The largest absolute Gasteiger partial charge is 0.398 e. The second-order valence-corrected chi connectivity index (χ2v) is 6.41. The summed E-state index contributed by atoms with van der Waals surface area (Å²) in [4.78, 5) is 14.3. The number of amides is 1. The van der Waals surface area contributed by atoms with E-state index in [0.717, 1.165) is 22.5 Å². The molecule has 2 N–H and O–H groups in total. The van der Waals surface area contributed by atoms with E-state index in [-0.39, 0.29) is 11.3 Å². The molecule has 3 nitrogen and oxygen atoms in total. The molecule has 0 bridgehead atoms. The summed E-state index contributed by atoms with van der Waals surface area (Å²) in [6.45, 7) is 4.11. The summed E-state index contributed by atoms with van der Waals surface area (Å²) in [7, 11) is 0. The molecule has 0 saturated carbocycles. The summed E-state index contributed by atoms with van der Waals surface area (Å²) < 4.78 is 0. The van der Waals surface area contributed by atoms with Crippen molar-refractivity contribution in [3.63, 3.8) is 0 Å². The van der Waals surface area contributed by atoms with Gasteiger partial charge in [0.15, 0.2) is 0 Å². The van der Waals surface area contributed by atoms with Gasteiger partial charge < -0.3 is 5.73 Å². The molecule has 108 valence electrons. The Labute approximate surface area is 129 Å². The van der Waals surface area contributed by atoms with Crippen LogP contribution in [0.25, 0.3) is 0 Å². The van der Waals surface area contributed by atoms with Gasteiger partial charge in [-0.1, -0.05) is 35.9 Å². The Kier molecular flexibility index (Phi) is 3.64. The molecule has 1 aliphatic heterocycles. The van der Waals surface area contributed by atoms with E-state index in [4.69, 9.17) is 5.73 Å². The number of carbonyl (C=O) groups excluding carboxylic acids is 1. The first kappa shape index (κ1) is 14.0. The number of nitrogens with zero attached hydrogens (tertiary/aromatic N) is 1. The van der Waals surface area contributed by atoms with Gasteiger partial charge in [-0.25, -0.2) is 0 Å². The highest BCUT2D eigenvalue weighted by atomic mass is 32.2. The summed E-state index contributed by atoms with van der Waals surface area (Å²) in [5, 5.41) is -0.0416. The van der Waals surface area contributed by atoms with Gasteiger partial charge in [-0.2, -0.15) is 0 Å². The Morgan fingerprint density at radius 2 is 1.95 bits per heavy atom. The van der Waals surface area contributed by atoms with Crippen LogP contribution in [0, 0.1) is 13.8 Å². The van der Waals surface area contributed by atoms with Crippen LogP contribution in [0.2, 0.25) is 0 Å². The zero-order chi connectivity index (χ0) is 15.0. The van der Waals surface area contributed by atoms with Crippen molar-refractivity contribution in [1.29, 1.82) is 0 Å². The number of rotatable bonds is 2. The van der Waals surface area contributed by atoms with E-state index in [9.17, 15) is 4.79 Å². The van der Waals surface area contributed by atoms with Crippen LogP contribution in [0.3, 0.4) is 0 Å². The van der Waals surface area contributed by atoms with Gasteiger partial charge in [-0.3, -0.25) is 9.69 Å². The number of hydrogen-bond acceptors (Lipinski definition) is 3. The summed E-state index contributed by atoms with van der Waals surface area (Å²) in [5.41, 5.74) is 11.1. The Hall–Kier alpha value is -1.94. The average Bonchev–Trinajstić information content (AvgIpc) is 2.81. The van der Waals surface area contributed by atoms with Gasteiger partial charge in [0.05, 0.1) is 5.75 Å². The van der Waals surface area contributed by atoms with Crippen molar-refractivity contribution >= 4 is 29.0 Å². The minimum Gasteiger partial charge on any atom is -0.398 e. The number of nitrogen functional groups attached to an aromatic ring is 1. The summed E-state index contributed by atoms with van der Waals surface area (Å²) in [6.07, 6.45) is 0. The molecule has 0 unspecified atom stereocenters. The third-order valence-corrected chi connectivity index (χ3v) is 4.94. The average molecular weight is 298 g/mol. The molecule has 1 amide bonds. The minimum absolute atomic E-state index is 0.0416. The van der Waals surface area contributed by atoms with Crippen molar-refractivity contribution < 1.29 is 4.79 Å². The number of aryl methyl sites for hydroxylation is 2. The van der Waals surface area contributed by atoms with Crippen molar-refractivity contribution in [2.24, 2.45) is 0 Å². The van der Waals surface area contributed by atoms with E-state index in [1.54, 1.807) is 11.8 Å². The van der Waals surface area contributed by atoms with Crippen molar-refractivity contribution in [3.05, 3.63) is 59.2 Å². The third kappa shape index (κ3) is 2.51. The van der Waals surface area contributed by atoms with Crippen molar-refractivity contribution in [3.8, 4) is 0 Å². The highest BCUT2D eigenvalue weighted by Gasteiger charge is 2.35. The van der Waals surface area contributed by atoms with E-state index in [2.05, 4.69) is 13.0 Å². The van der Waals surface area contributed by atoms with Gasteiger partial charge in [0, 0.05) is 16.9 Å². The number of thioether (sulfide) groups is 1. The summed E-state index contributed by atoms with van der Waals surface area (Å²) in [6, 6.07) is 14.0. The number of hydrogen-bond donors (Lipinski definition) is 1. The standard InChI is InChI=1S/C17H18N2OS/c1-11-7-8-15(12(2)9-11)19-16(20)10-21-17(19)13-5-3-4-6-14(13)18/h3-9,17H,10,18H2,1-2H3/t17-/m1/s1. The van der Waals surface area contributed by atoms with Crippen LogP contribution >= 0.6 is 11.8 Å². The summed E-state index contributed by atoms with van der Waals surface area (Å²) in [5.74, 6) is 0.631. The first-order chi connectivity index (χ1) is 10.1. The molecule has 2 aromatic rings. The SMILES string of the molecule is Cc1ccc(N2C(=O)CS[C@@H]2c2ccccc2N)c(C)c1. The molecular formula is C17H18N2OS. The number of carbonyl (C=O) groups is 1. The topological polar surface area (TPSA) is 46.3 Å². The molecule has 1 atom stereocenters. The van der Waals surface area contributed by atoms with Gasteiger partial charge in [-0.15, -0.1) is 11.8 Å². The predicted octanol–water partition coefficient (Wildman–Crippen LogP) is 3.66. The van der Waals surface area contributed by atoms with Crippen LogP contribution in [-0.2, 0) is 4.79 Å². The Morgan fingerprint density at radius 3 is 2.67 bits per heavy atom. The molecule has 1 aliphatic rings. The number of nitrogens with two attached hydrogens (primary N) is 1. The first-order valence-corrected chi connectivity index (χ1v) is 7.98. The van der Waals surface area contributed by atoms with E-state index >= 15 is 0 Å². The molecule has 0 aliphatic carbocycles. The van der Waals surface area contributed by atoms with E-state index < -0.39 is 0 Å². The first-order valence-electron chi connectivity index (χ1n) is 6.93. The molecule has 0 spiro atoms. The van der Waals surface area contributed by atoms with Gasteiger partial charge in [0.25, 0.3) is 0 Å². The van der Waals surface area contributed by atoms with E-state index in [1.807, 2.05) is 48.2 Å². The molecule has 0 aromatic heterocycles. The molecule has 1 saturated heterocycles. The quantitative estimate of drug-likeness (QED) is 0.861. The molecule has 2 aromatic carbocycles. The zero-order valence-corrected chi connectivity index (χ0v) is 13.0.